The number of hydrogen-bond donors (Lipinski definition) is 0. The molecule has 0 atom stereocenters. The number of ether oxygens (including phenoxy) is 1. The van der Waals surface area contributed by atoms with Gasteiger partial charge in [0.1, 0.15) is 0 Å². The summed E-state index contributed by atoms with van der Waals surface area (Å²) in [6.45, 7) is 4.09. The Hall–Kier alpha value is -2.35. The van der Waals surface area contributed by atoms with Crippen molar-refractivity contribution in [1.82, 2.24) is 0 Å². The Morgan fingerprint density at radius 3 is 2.40 bits per heavy atom. The second kappa shape index (κ2) is 6.20. The Bertz CT molecular complexity index is 640. The molecular formula is C18H18O2. The average Bonchev–Trinajstić information content (AvgIpc) is 2.48. The summed E-state index contributed by atoms with van der Waals surface area (Å²) in [6.07, 6.45) is 1.55. The minimum atomic E-state index is -0.343. The molecule has 0 spiro atoms. The van der Waals surface area contributed by atoms with Crippen molar-refractivity contribution in [2.24, 2.45) is 0 Å². The zero-order chi connectivity index (χ0) is 14.5. The van der Waals surface area contributed by atoms with Crippen LogP contribution in [-0.4, -0.2) is 13.1 Å². The van der Waals surface area contributed by atoms with E-state index in [-0.39, 0.29) is 5.97 Å². The molecule has 0 N–H and O–H groups in total. The van der Waals surface area contributed by atoms with Crippen LogP contribution in [-0.2, 0) is 9.53 Å². The molecule has 0 aromatic heterocycles. The van der Waals surface area contributed by atoms with Gasteiger partial charge in [0.25, 0.3) is 0 Å². The molecule has 0 fully saturated rings. The van der Waals surface area contributed by atoms with Crippen LogP contribution in [0.3, 0.4) is 0 Å². The van der Waals surface area contributed by atoms with Crippen molar-refractivity contribution in [3.63, 3.8) is 0 Å². The summed E-state index contributed by atoms with van der Waals surface area (Å²) < 4.78 is 4.78. The number of methoxy groups -OCH3 is 1. The topological polar surface area (TPSA) is 26.3 Å². The minimum Gasteiger partial charge on any atom is -0.466 e. The number of benzene rings is 2. The molecular weight excluding hydrogens is 248 g/mol. The van der Waals surface area contributed by atoms with E-state index in [2.05, 4.69) is 18.2 Å². The van der Waals surface area contributed by atoms with Crippen molar-refractivity contribution in [3.05, 3.63) is 76.9 Å². The van der Waals surface area contributed by atoms with Crippen molar-refractivity contribution in [1.29, 1.82) is 0 Å². The lowest BCUT2D eigenvalue weighted by molar-refractivity contribution is -0.134. The summed E-state index contributed by atoms with van der Waals surface area (Å²) in [4.78, 5) is 11.7. The lowest BCUT2D eigenvalue weighted by Gasteiger charge is -2.12. The van der Waals surface area contributed by atoms with Gasteiger partial charge in [-0.25, -0.2) is 4.79 Å². The first kappa shape index (κ1) is 14.1. The molecule has 2 nitrogen and oxygen atoms in total. The summed E-state index contributed by atoms with van der Waals surface area (Å²) in [6, 6.07) is 16.1. The SMILES string of the molecule is COC(=O)/C=C(\c1ccccc1)c1cc(C)ccc1C. The van der Waals surface area contributed by atoms with E-state index in [1.165, 1.54) is 7.11 Å². The van der Waals surface area contributed by atoms with Crippen molar-refractivity contribution >= 4 is 11.5 Å². The van der Waals surface area contributed by atoms with Crippen LogP contribution < -0.4 is 0 Å². The molecule has 0 aliphatic heterocycles. The highest BCUT2D eigenvalue weighted by molar-refractivity contribution is 5.96. The third-order valence-electron chi connectivity index (χ3n) is 3.23. The fraction of sp³-hybridized carbons (Fsp3) is 0.167. The van der Waals surface area contributed by atoms with Gasteiger partial charge in [0, 0.05) is 6.08 Å². The monoisotopic (exact) mass is 266 g/mol. The molecule has 0 bridgehead atoms. The van der Waals surface area contributed by atoms with Crippen LogP contribution in [0.5, 0.6) is 0 Å². The summed E-state index contributed by atoms with van der Waals surface area (Å²) in [7, 11) is 1.39. The van der Waals surface area contributed by atoms with Gasteiger partial charge in [0.05, 0.1) is 7.11 Å². The third-order valence-corrected chi connectivity index (χ3v) is 3.23. The smallest absolute Gasteiger partial charge is 0.331 e. The predicted octanol–water partition coefficient (Wildman–Crippen LogP) is 3.91. The number of aryl methyl sites for hydroxylation is 2. The zero-order valence-electron chi connectivity index (χ0n) is 12.0. The van der Waals surface area contributed by atoms with Gasteiger partial charge >= 0.3 is 5.97 Å². The Balaban J connectivity index is 2.61. The average molecular weight is 266 g/mol. The van der Waals surface area contributed by atoms with E-state index in [9.17, 15) is 4.79 Å². The van der Waals surface area contributed by atoms with Crippen LogP contribution in [0, 0.1) is 13.8 Å². The summed E-state index contributed by atoms with van der Waals surface area (Å²) in [5.41, 5.74) is 5.25. The van der Waals surface area contributed by atoms with E-state index in [1.54, 1.807) is 6.08 Å². The number of carbonyl (C=O) groups excluding carboxylic acids is 1. The Morgan fingerprint density at radius 2 is 1.75 bits per heavy atom. The lowest BCUT2D eigenvalue weighted by atomic mass is 9.93. The first-order valence-corrected chi connectivity index (χ1v) is 6.54. The van der Waals surface area contributed by atoms with Crippen LogP contribution in [0.15, 0.2) is 54.6 Å². The number of hydrogen-bond acceptors (Lipinski definition) is 2. The first-order chi connectivity index (χ1) is 9.61. The number of esters is 1. The molecule has 2 rings (SSSR count). The van der Waals surface area contributed by atoms with E-state index in [4.69, 9.17) is 4.74 Å². The fourth-order valence-corrected chi connectivity index (χ4v) is 2.14. The van der Waals surface area contributed by atoms with Crippen LogP contribution in [0.25, 0.3) is 5.57 Å². The first-order valence-electron chi connectivity index (χ1n) is 6.54. The van der Waals surface area contributed by atoms with E-state index in [0.29, 0.717) is 0 Å². The second-order valence-electron chi connectivity index (χ2n) is 4.77. The third kappa shape index (κ3) is 3.15. The molecule has 0 radical (unpaired) electrons. The largest absolute Gasteiger partial charge is 0.466 e. The van der Waals surface area contributed by atoms with Gasteiger partial charge in [-0.15, -0.1) is 0 Å². The van der Waals surface area contributed by atoms with Crippen molar-refractivity contribution < 1.29 is 9.53 Å². The number of carbonyl (C=O) groups is 1. The molecule has 102 valence electrons. The molecule has 2 aromatic carbocycles. The van der Waals surface area contributed by atoms with Crippen LogP contribution in [0.2, 0.25) is 0 Å². The molecule has 0 aliphatic rings. The van der Waals surface area contributed by atoms with Gasteiger partial charge < -0.3 is 4.74 Å². The number of rotatable bonds is 3. The fourth-order valence-electron chi connectivity index (χ4n) is 2.14. The second-order valence-corrected chi connectivity index (χ2v) is 4.77. The zero-order valence-corrected chi connectivity index (χ0v) is 12.0. The quantitative estimate of drug-likeness (QED) is 0.622. The van der Waals surface area contributed by atoms with Crippen LogP contribution >= 0.6 is 0 Å². The maximum atomic E-state index is 11.7. The van der Waals surface area contributed by atoms with Gasteiger partial charge in [0.15, 0.2) is 0 Å². The maximum absolute atomic E-state index is 11.7. The normalized spacial score (nSPS) is 11.2. The Labute approximate surface area is 119 Å². The van der Waals surface area contributed by atoms with Crippen molar-refractivity contribution in [2.75, 3.05) is 7.11 Å². The molecule has 0 heterocycles. The van der Waals surface area contributed by atoms with E-state index >= 15 is 0 Å². The van der Waals surface area contributed by atoms with Crippen molar-refractivity contribution in [2.45, 2.75) is 13.8 Å². The predicted molar refractivity (Wildman–Crippen MR) is 81.5 cm³/mol. The lowest BCUT2D eigenvalue weighted by Crippen LogP contribution is -2.00. The standard InChI is InChI=1S/C18H18O2/c1-13-9-10-14(2)16(11-13)17(12-18(19)20-3)15-7-5-4-6-8-15/h4-12H,1-3H3/b17-12+. The van der Waals surface area contributed by atoms with E-state index in [1.807, 2.05) is 44.2 Å². The highest BCUT2D eigenvalue weighted by atomic mass is 16.5. The van der Waals surface area contributed by atoms with Crippen molar-refractivity contribution in [3.8, 4) is 0 Å². The highest BCUT2D eigenvalue weighted by Crippen LogP contribution is 2.27. The summed E-state index contributed by atoms with van der Waals surface area (Å²) in [5, 5.41) is 0. The summed E-state index contributed by atoms with van der Waals surface area (Å²) in [5.74, 6) is -0.343. The molecule has 20 heavy (non-hydrogen) atoms. The molecule has 2 heteroatoms. The molecule has 0 unspecified atom stereocenters. The molecule has 2 aromatic rings. The highest BCUT2D eigenvalue weighted by Gasteiger charge is 2.10. The van der Waals surface area contributed by atoms with Gasteiger partial charge in [-0.3, -0.25) is 0 Å². The van der Waals surface area contributed by atoms with E-state index in [0.717, 1.165) is 27.8 Å². The Kier molecular flexibility index (Phi) is 4.36. The maximum Gasteiger partial charge on any atom is 0.331 e. The minimum absolute atomic E-state index is 0.343. The summed E-state index contributed by atoms with van der Waals surface area (Å²) >= 11 is 0. The Morgan fingerprint density at radius 1 is 1.05 bits per heavy atom. The van der Waals surface area contributed by atoms with E-state index < -0.39 is 0 Å². The van der Waals surface area contributed by atoms with Gasteiger partial charge in [-0.2, -0.15) is 0 Å². The van der Waals surface area contributed by atoms with Crippen LogP contribution in [0.1, 0.15) is 22.3 Å². The van der Waals surface area contributed by atoms with Gasteiger partial charge in [0.2, 0.25) is 0 Å². The molecule has 0 amide bonds. The van der Waals surface area contributed by atoms with Gasteiger partial charge in [-0.1, -0.05) is 54.1 Å². The molecule has 0 saturated heterocycles. The van der Waals surface area contributed by atoms with Gasteiger partial charge in [-0.05, 0) is 36.1 Å². The van der Waals surface area contributed by atoms with Crippen LogP contribution in [0.4, 0.5) is 0 Å². The molecule has 0 aliphatic carbocycles. The molecule has 0 saturated carbocycles.